The summed E-state index contributed by atoms with van der Waals surface area (Å²) in [7, 11) is 1.64. The second kappa shape index (κ2) is 6.77. The lowest BCUT2D eigenvalue weighted by molar-refractivity contribution is 0.400. The molecule has 1 aromatic heterocycles. The molecule has 0 amide bonds. The highest BCUT2D eigenvalue weighted by Crippen LogP contribution is 2.26. The molecule has 0 aliphatic rings. The van der Waals surface area contributed by atoms with Crippen LogP contribution in [-0.2, 0) is 13.0 Å². The van der Waals surface area contributed by atoms with Gasteiger partial charge in [0.05, 0.1) is 25.0 Å². The molecule has 1 atom stereocenters. The number of nitrogens with zero attached hydrogens (tertiary/aromatic N) is 2. The van der Waals surface area contributed by atoms with Crippen molar-refractivity contribution < 1.29 is 4.74 Å². The van der Waals surface area contributed by atoms with E-state index in [1.54, 1.807) is 13.3 Å². The van der Waals surface area contributed by atoms with Gasteiger partial charge in [0.1, 0.15) is 0 Å². The van der Waals surface area contributed by atoms with Crippen LogP contribution < -0.4 is 10.5 Å². The average Bonchev–Trinajstić information content (AvgIpc) is 2.82. The summed E-state index contributed by atoms with van der Waals surface area (Å²) in [6, 6.07) is 7.59. The molecule has 0 saturated carbocycles. The van der Waals surface area contributed by atoms with E-state index in [-0.39, 0.29) is 6.04 Å². The van der Waals surface area contributed by atoms with Crippen molar-refractivity contribution in [1.82, 2.24) is 9.78 Å². The van der Waals surface area contributed by atoms with Crippen molar-refractivity contribution in [2.75, 3.05) is 7.11 Å². The average molecular weight is 294 g/mol. The molecule has 0 aliphatic heterocycles. The number of hydrogen-bond acceptors (Lipinski definition) is 3. The molecular formula is C15H20ClN3O. The first-order valence-corrected chi connectivity index (χ1v) is 7.13. The highest BCUT2D eigenvalue weighted by Gasteiger charge is 2.18. The predicted octanol–water partition coefficient (Wildman–Crippen LogP) is 3.20. The number of rotatable bonds is 6. The molecule has 108 valence electrons. The van der Waals surface area contributed by atoms with E-state index in [0.29, 0.717) is 6.42 Å². The van der Waals surface area contributed by atoms with Gasteiger partial charge in [0.15, 0.2) is 5.75 Å². The van der Waals surface area contributed by atoms with Gasteiger partial charge in [-0.2, -0.15) is 5.10 Å². The third kappa shape index (κ3) is 3.32. The van der Waals surface area contributed by atoms with Crippen molar-refractivity contribution >= 4 is 11.6 Å². The van der Waals surface area contributed by atoms with E-state index in [1.165, 1.54) is 0 Å². The monoisotopic (exact) mass is 293 g/mol. The minimum absolute atomic E-state index is 0.169. The van der Waals surface area contributed by atoms with Crippen LogP contribution in [0.1, 0.15) is 30.6 Å². The standard InChI is InChI=1S/C15H20ClN3O/c1-3-7-19-15(14(20-2)10-18-19)13(17)9-11-5-4-6-12(16)8-11/h4-6,8,10,13H,3,7,9,17H2,1-2H3. The van der Waals surface area contributed by atoms with Gasteiger partial charge in [-0.1, -0.05) is 30.7 Å². The van der Waals surface area contributed by atoms with Gasteiger partial charge < -0.3 is 10.5 Å². The van der Waals surface area contributed by atoms with Gasteiger partial charge in [-0.25, -0.2) is 0 Å². The highest BCUT2D eigenvalue weighted by atomic mass is 35.5. The molecule has 0 fully saturated rings. The number of ether oxygens (including phenoxy) is 1. The van der Waals surface area contributed by atoms with Crippen LogP contribution in [0.3, 0.4) is 0 Å². The van der Waals surface area contributed by atoms with E-state index in [9.17, 15) is 0 Å². The summed E-state index contributed by atoms with van der Waals surface area (Å²) in [5.41, 5.74) is 8.39. The van der Waals surface area contributed by atoms with E-state index in [1.807, 2.05) is 28.9 Å². The summed E-state index contributed by atoms with van der Waals surface area (Å²) in [5.74, 6) is 0.743. The number of halogens is 1. The number of methoxy groups -OCH3 is 1. The van der Waals surface area contributed by atoms with Gasteiger partial charge in [0, 0.05) is 11.6 Å². The van der Waals surface area contributed by atoms with Crippen LogP contribution in [0.4, 0.5) is 0 Å². The molecule has 1 unspecified atom stereocenters. The third-order valence-corrected chi connectivity index (χ3v) is 3.43. The molecule has 0 radical (unpaired) electrons. The largest absolute Gasteiger partial charge is 0.493 e. The lowest BCUT2D eigenvalue weighted by Crippen LogP contribution is -2.19. The van der Waals surface area contributed by atoms with Crippen LogP contribution >= 0.6 is 11.6 Å². The number of aromatic nitrogens is 2. The van der Waals surface area contributed by atoms with Gasteiger partial charge in [0.25, 0.3) is 0 Å². The zero-order valence-electron chi connectivity index (χ0n) is 11.8. The molecule has 2 rings (SSSR count). The van der Waals surface area contributed by atoms with Crippen LogP contribution in [0, 0.1) is 0 Å². The predicted molar refractivity (Wildman–Crippen MR) is 81.2 cm³/mol. The minimum Gasteiger partial charge on any atom is -0.493 e. The highest BCUT2D eigenvalue weighted by molar-refractivity contribution is 6.30. The van der Waals surface area contributed by atoms with Crippen LogP contribution in [0.15, 0.2) is 30.5 Å². The van der Waals surface area contributed by atoms with Crippen molar-refractivity contribution in [3.8, 4) is 5.75 Å². The molecule has 2 N–H and O–H groups in total. The van der Waals surface area contributed by atoms with Gasteiger partial charge in [-0.3, -0.25) is 4.68 Å². The molecule has 5 heteroatoms. The molecule has 0 spiro atoms. The van der Waals surface area contributed by atoms with E-state index in [2.05, 4.69) is 12.0 Å². The van der Waals surface area contributed by atoms with E-state index in [4.69, 9.17) is 22.1 Å². The third-order valence-electron chi connectivity index (χ3n) is 3.20. The van der Waals surface area contributed by atoms with E-state index >= 15 is 0 Å². The molecule has 0 bridgehead atoms. The Morgan fingerprint density at radius 2 is 2.25 bits per heavy atom. The van der Waals surface area contributed by atoms with Crippen LogP contribution in [0.25, 0.3) is 0 Å². The molecular weight excluding hydrogens is 274 g/mol. The van der Waals surface area contributed by atoms with Crippen LogP contribution in [0.2, 0.25) is 5.02 Å². The Morgan fingerprint density at radius 1 is 1.45 bits per heavy atom. The number of aryl methyl sites for hydroxylation is 1. The summed E-state index contributed by atoms with van der Waals surface area (Å²) in [4.78, 5) is 0. The molecule has 1 heterocycles. The Kier molecular flexibility index (Phi) is 5.04. The second-order valence-electron chi connectivity index (χ2n) is 4.76. The molecule has 0 aliphatic carbocycles. The SMILES string of the molecule is CCCn1ncc(OC)c1C(N)Cc1cccc(Cl)c1. The van der Waals surface area contributed by atoms with Gasteiger partial charge in [-0.05, 0) is 30.5 Å². The minimum atomic E-state index is -0.169. The Labute approximate surface area is 124 Å². The topological polar surface area (TPSA) is 53.1 Å². The smallest absolute Gasteiger partial charge is 0.161 e. The maximum Gasteiger partial charge on any atom is 0.161 e. The zero-order valence-corrected chi connectivity index (χ0v) is 12.6. The Balaban J connectivity index is 2.23. The maximum absolute atomic E-state index is 6.35. The second-order valence-corrected chi connectivity index (χ2v) is 5.20. The fourth-order valence-corrected chi connectivity index (χ4v) is 2.53. The fourth-order valence-electron chi connectivity index (χ4n) is 2.31. The summed E-state index contributed by atoms with van der Waals surface area (Å²) in [5, 5.41) is 5.07. The van der Waals surface area contributed by atoms with Crippen molar-refractivity contribution in [3.63, 3.8) is 0 Å². The van der Waals surface area contributed by atoms with Gasteiger partial charge in [0.2, 0.25) is 0 Å². The van der Waals surface area contributed by atoms with Crippen LogP contribution in [-0.4, -0.2) is 16.9 Å². The van der Waals surface area contributed by atoms with Gasteiger partial charge in [-0.15, -0.1) is 0 Å². The molecule has 1 aromatic carbocycles. The van der Waals surface area contributed by atoms with E-state index in [0.717, 1.165) is 35.0 Å². The molecule has 0 saturated heterocycles. The number of hydrogen-bond donors (Lipinski definition) is 1. The zero-order chi connectivity index (χ0) is 14.5. The molecule has 20 heavy (non-hydrogen) atoms. The molecule has 4 nitrogen and oxygen atoms in total. The lowest BCUT2D eigenvalue weighted by Gasteiger charge is -2.16. The summed E-state index contributed by atoms with van der Waals surface area (Å²) in [6.07, 6.45) is 3.43. The fraction of sp³-hybridized carbons (Fsp3) is 0.400. The summed E-state index contributed by atoms with van der Waals surface area (Å²) >= 11 is 6.01. The summed E-state index contributed by atoms with van der Waals surface area (Å²) < 4.78 is 7.29. The summed E-state index contributed by atoms with van der Waals surface area (Å²) in [6.45, 7) is 2.95. The van der Waals surface area contributed by atoms with Crippen molar-refractivity contribution in [2.24, 2.45) is 5.73 Å². The van der Waals surface area contributed by atoms with E-state index < -0.39 is 0 Å². The first-order chi connectivity index (χ1) is 9.65. The first-order valence-electron chi connectivity index (χ1n) is 6.75. The maximum atomic E-state index is 6.35. The molecule has 2 aromatic rings. The normalized spacial score (nSPS) is 12.4. The van der Waals surface area contributed by atoms with Gasteiger partial charge >= 0.3 is 0 Å². The quantitative estimate of drug-likeness (QED) is 0.890. The van der Waals surface area contributed by atoms with Crippen molar-refractivity contribution in [2.45, 2.75) is 32.4 Å². The number of benzene rings is 1. The van der Waals surface area contributed by atoms with Crippen LogP contribution in [0.5, 0.6) is 5.75 Å². The Bertz CT molecular complexity index is 568. The van der Waals surface area contributed by atoms with Crippen molar-refractivity contribution in [1.29, 1.82) is 0 Å². The Hall–Kier alpha value is -1.52. The lowest BCUT2D eigenvalue weighted by atomic mass is 10.0. The first kappa shape index (κ1) is 14.9. The number of nitrogens with two attached hydrogens (primary N) is 1. The Morgan fingerprint density at radius 3 is 2.90 bits per heavy atom. The van der Waals surface area contributed by atoms with Crippen molar-refractivity contribution in [3.05, 3.63) is 46.7 Å².